The number of amides is 4. The van der Waals surface area contributed by atoms with Gasteiger partial charge in [-0.3, -0.25) is 29.3 Å². The van der Waals surface area contributed by atoms with Crippen LogP contribution in [-0.4, -0.2) is 67.6 Å². The van der Waals surface area contributed by atoms with Gasteiger partial charge in [-0.05, 0) is 31.9 Å². The normalized spacial score (nSPS) is 15.0. The highest BCUT2D eigenvalue weighted by Crippen LogP contribution is 2.25. The highest BCUT2D eigenvalue weighted by Gasteiger charge is 2.34. The molecule has 4 amide bonds. The Morgan fingerprint density at radius 1 is 1.27 bits per heavy atom. The standard InChI is InChI=1S/C20H26N4O6.C3H8/c1-24(14-7-8-16(26)23-19(14)28)20(29)18-13(11-25)5-4-6-15(18)30-12-17(27)22-10-3-2-9-21;1-3-2/h4-6,11,14H,2-3,7-10,12,21H2,1H3,(H,22,27)(H,23,26,28);3H2,1-2H3. The maximum Gasteiger partial charge on any atom is 0.258 e. The van der Waals surface area contributed by atoms with E-state index in [2.05, 4.69) is 24.5 Å². The number of rotatable bonds is 10. The quantitative estimate of drug-likeness (QED) is 0.267. The summed E-state index contributed by atoms with van der Waals surface area (Å²) >= 11 is 0. The average Bonchev–Trinajstić information content (AvgIpc) is 2.79. The van der Waals surface area contributed by atoms with Gasteiger partial charge in [0.25, 0.3) is 11.8 Å². The van der Waals surface area contributed by atoms with E-state index in [1.807, 2.05) is 0 Å². The summed E-state index contributed by atoms with van der Waals surface area (Å²) in [6.45, 7) is 4.90. The molecule has 10 nitrogen and oxygen atoms in total. The minimum absolute atomic E-state index is 0.0457. The molecule has 2 rings (SSSR count). The number of nitrogens with two attached hydrogens (primary N) is 1. The summed E-state index contributed by atoms with van der Waals surface area (Å²) < 4.78 is 5.50. The van der Waals surface area contributed by atoms with Gasteiger partial charge in [0.15, 0.2) is 12.9 Å². The lowest BCUT2D eigenvalue weighted by Gasteiger charge is -2.30. The van der Waals surface area contributed by atoms with E-state index in [0.717, 1.165) is 12.8 Å². The first-order valence-corrected chi connectivity index (χ1v) is 11.1. The van der Waals surface area contributed by atoms with Gasteiger partial charge < -0.3 is 20.7 Å². The van der Waals surface area contributed by atoms with Gasteiger partial charge in [-0.25, -0.2) is 0 Å². The van der Waals surface area contributed by atoms with Crippen LogP contribution in [0.4, 0.5) is 0 Å². The van der Waals surface area contributed by atoms with Gasteiger partial charge in [-0.1, -0.05) is 32.4 Å². The molecule has 0 aliphatic carbocycles. The molecule has 1 fully saturated rings. The van der Waals surface area contributed by atoms with Crippen molar-refractivity contribution in [2.24, 2.45) is 5.73 Å². The van der Waals surface area contributed by atoms with E-state index < -0.39 is 23.8 Å². The Bertz CT molecular complexity index is 842. The molecular formula is C23H34N4O6. The molecule has 1 aliphatic rings. The van der Waals surface area contributed by atoms with Crippen LogP contribution < -0.4 is 21.1 Å². The summed E-state index contributed by atoms with van der Waals surface area (Å²) in [5.41, 5.74) is 5.43. The lowest BCUT2D eigenvalue weighted by Crippen LogP contribution is -2.53. The van der Waals surface area contributed by atoms with Crippen LogP contribution in [0.15, 0.2) is 18.2 Å². The molecule has 0 aromatic heterocycles. The molecule has 182 valence electrons. The van der Waals surface area contributed by atoms with Crippen molar-refractivity contribution in [1.82, 2.24) is 15.5 Å². The van der Waals surface area contributed by atoms with Crippen LogP contribution in [0.2, 0.25) is 0 Å². The SMILES string of the molecule is CCC.CN(C(=O)c1c(C=O)cccc1OCC(=O)NCCCCN)C1CCC(=O)NC1=O. The van der Waals surface area contributed by atoms with E-state index in [-0.39, 0.29) is 42.2 Å². The van der Waals surface area contributed by atoms with Gasteiger partial charge in [0, 0.05) is 25.6 Å². The third kappa shape index (κ3) is 8.64. The summed E-state index contributed by atoms with van der Waals surface area (Å²) in [5.74, 6) is -1.91. The summed E-state index contributed by atoms with van der Waals surface area (Å²) in [5, 5.41) is 4.88. The second kappa shape index (κ2) is 14.7. The van der Waals surface area contributed by atoms with Crippen molar-refractivity contribution in [3.05, 3.63) is 29.3 Å². The predicted octanol–water partition coefficient (Wildman–Crippen LogP) is 1.03. The lowest BCUT2D eigenvalue weighted by atomic mass is 10.0. The Labute approximate surface area is 194 Å². The van der Waals surface area contributed by atoms with Crippen LogP contribution in [0.5, 0.6) is 5.75 Å². The fourth-order valence-electron chi connectivity index (χ4n) is 3.06. The number of ether oxygens (including phenoxy) is 1. The monoisotopic (exact) mass is 462 g/mol. The van der Waals surface area contributed by atoms with E-state index in [1.165, 1.54) is 36.6 Å². The number of carbonyl (C=O) groups is 5. The molecular weight excluding hydrogens is 428 g/mol. The van der Waals surface area contributed by atoms with Crippen LogP contribution in [-0.2, 0) is 14.4 Å². The predicted molar refractivity (Wildman–Crippen MR) is 123 cm³/mol. The number of hydrogen-bond acceptors (Lipinski definition) is 7. The van der Waals surface area contributed by atoms with Crippen LogP contribution in [0.1, 0.15) is 66.7 Å². The third-order valence-electron chi connectivity index (χ3n) is 4.71. The molecule has 1 unspecified atom stereocenters. The first-order chi connectivity index (χ1) is 15.8. The minimum Gasteiger partial charge on any atom is -0.483 e. The maximum atomic E-state index is 13.1. The number of nitrogens with one attached hydrogen (secondary N) is 2. The summed E-state index contributed by atoms with van der Waals surface area (Å²) in [6, 6.07) is 3.59. The summed E-state index contributed by atoms with van der Waals surface area (Å²) in [6.07, 6.45) is 3.57. The van der Waals surface area contributed by atoms with Crippen molar-refractivity contribution < 1.29 is 28.7 Å². The van der Waals surface area contributed by atoms with Gasteiger partial charge in [0.05, 0.1) is 5.56 Å². The zero-order valence-corrected chi connectivity index (χ0v) is 19.5. The maximum absolute atomic E-state index is 13.1. The van der Waals surface area contributed by atoms with E-state index in [9.17, 15) is 24.0 Å². The smallest absolute Gasteiger partial charge is 0.258 e. The second-order valence-electron chi connectivity index (χ2n) is 7.56. The summed E-state index contributed by atoms with van der Waals surface area (Å²) in [4.78, 5) is 61.1. The average molecular weight is 463 g/mol. The molecule has 10 heteroatoms. The number of unbranched alkanes of at least 4 members (excludes halogenated alkanes) is 1. The molecule has 0 bridgehead atoms. The van der Waals surface area contributed by atoms with E-state index in [0.29, 0.717) is 19.4 Å². The molecule has 1 heterocycles. The number of aldehydes is 1. The first-order valence-electron chi connectivity index (χ1n) is 11.1. The van der Waals surface area contributed by atoms with Gasteiger partial charge in [-0.2, -0.15) is 0 Å². The molecule has 4 N–H and O–H groups in total. The third-order valence-corrected chi connectivity index (χ3v) is 4.71. The number of hydrogen-bond donors (Lipinski definition) is 3. The molecule has 1 aliphatic heterocycles. The van der Waals surface area contributed by atoms with E-state index in [4.69, 9.17) is 10.5 Å². The Morgan fingerprint density at radius 3 is 2.58 bits per heavy atom. The second-order valence-corrected chi connectivity index (χ2v) is 7.56. The van der Waals surface area contributed by atoms with Crippen LogP contribution >= 0.6 is 0 Å². The topological polar surface area (TPSA) is 148 Å². The van der Waals surface area contributed by atoms with Gasteiger partial charge in [-0.15, -0.1) is 0 Å². The van der Waals surface area contributed by atoms with Gasteiger partial charge >= 0.3 is 0 Å². The van der Waals surface area contributed by atoms with Crippen LogP contribution in [0.25, 0.3) is 0 Å². The molecule has 33 heavy (non-hydrogen) atoms. The van der Waals surface area contributed by atoms with Crippen molar-refractivity contribution in [2.75, 3.05) is 26.7 Å². The van der Waals surface area contributed by atoms with Crippen molar-refractivity contribution in [2.45, 2.75) is 52.0 Å². The lowest BCUT2D eigenvalue weighted by molar-refractivity contribution is -0.136. The molecule has 0 saturated carbocycles. The number of piperidine rings is 1. The van der Waals surface area contributed by atoms with Crippen LogP contribution in [0.3, 0.4) is 0 Å². The Balaban J connectivity index is 0.00000172. The fraction of sp³-hybridized carbons (Fsp3) is 0.522. The largest absolute Gasteiger partial charge is 0.483 e. The van der Waals surface area contributed by atoms with Gasteiger partial charge in [0.2, 0.25) is 11.8 Å². The zero-order valence-electron chi connectivity index (χ0n) is 19.5. The number of likely N-dealkylation sites (N-methyl/N-ethyl adjacent to an activating group) is 1. The van der Waals surface area contributed by atoms with Gasteiger partial charge in [0.1, 0.15) is 11.8 Å². The van der Waals surface area contributed by atoms with E-state index in [1.54, 1.807) is 0 Å². The van der Waals surface area contributed by atoms with Crippen molar-refractivity contribution in [3.63, 3.8) is 0 Å². The number of imide groups is 1. The highest BCUT2D eigenvalue weighted by atomic mass is 16.5. The Hall–Kier alpha value is -3.27. The molecule has 1 atom stereocenters. The van der Waals surface area contributed by atoms with Crippen LogP contribution in [0, 0.1) is 0 Å². The first kappa shape index (κ1) is 27.8. The van der Waals surface area contributed by atoms with E-state index >= 15 is 0 Å². The Kier molecular flexibility index (Phi) is 12.4. The molecule has 0 radical (unpaired) electrons. The van der Waals surface area contributed by atoms with Crippen molar-refractivity contribution >= 4 is 29.9 Å². The number of carbonyl (C=O) groups excluding carboxylic acids is 5. The number of nitrogens with zero attached hydrogens (tertiary/aromatic N) is 1. The molecule has 1 saturated heterocycles. The zero-order chi connectivity index (χ0) is 24.8. The van der Waals surface area contributed by atoms with Crippen molar-refractivity contribution in [1.29, 1.82) is 0 Å². The minimum atomic E-state index is -0.853. The molecule has 1 aromatic carbocycles. The highest BCUT2D eigenvalue weighted by molar-refractivity contribution is 6.07. The molecule has 1 aromatic rings. The Morgan fingerprint density at radius 2 is 1.97 bits per heavy atom. The number of benzene rings is 1. The summed E-state index contributed by atoms with van der Waals surface area (Å²) in [7, 11) is 1.41. The molecule has 0 spiro atoms. The van der Waals surface area contributed by atoms with Crippen molar-refractivity contribution in [3.8, 4) is 5.75 Å². The fourth-order valence-corrected chi connectivity index (χ4v) is 3.06.